The first-order chi connectivity index (χ1) is 12.5. The fourth-order valence-corrected chi connectivity index (χ4v) is 3.16. The molecule has 2 rings (SSSR count). The Balaban J connectivity index is 2.37. The van der Waals surface area contributed by atoms with Gasteiger partial charge in [0.15, 0.2) is 6.29 Å². The number of likely N-dealkylation sites (N-methyl/N-ethyl adjacent to an activating group) is 1. The summed E-state index contributed by atoms with van der Waals surface area (Å²) in [5.41, 5.74) is 3.38. The molecule has 0 bridgehead atoms. The zero-order valence-electron chi connectivity index (χ0n) is 16.1. The third-order valence-corrected chi connectivity index (χ3v) is 4.65. The largest absolute Gasteiger partial charge is 0.355 e. The van der Waals surface area contributed by atoms with Crippen molar-refractivity contribution < 1.29 is 9.59 Å². The van der Waals surface area contributed by atoms with Crippen LogP contribution >= 0.6 is 0 Å². The van der Waals surface area contributed by atoms with Crippen LogP contribution in [0.1, 0.15) is 60.2 Å². The molecule has 0 saturated carbocycles. The number of rotatable bonds is 9. The van der Waals surface area contributed by atoms with Crippen LogP contribution in [-0.4, -0.2) is 48.3 Å². The van der Waals surface area contributed by atoms with Crippen LogP contribution in [0.4, 0.5) is 0 Å². The molecule has 0 radical (unpaired) electrons. The van der Waals surface area contributed by atoms with Gasteiger partial charge in [-0.15, -0.1) is 0 Å². The molecule has 0 aliphatic heterocycles. The van der Waals surface area contributed by atoms with Crippen LogP contribution in [0.3, 0.4) is 0 Å². The summed E-state index contributed by atoms with van der Waals surface area (Å²) in [6.07, 6.45) is 0.793. The van der Waals surface area contributed by atoms with Crippen molar-refractivity contribution in [3.05, 3.63) is 47.3 Å². The summed E-state index contributed by atoms with van der Waals surface area (Å²) in [4.78, 5) is 30.0. The van der Waals surface area contributed by atoms with E-state index < -0.39 is 0 Å². The lowest BCUT2D eigenvalue weighted by Crippen LogP contribution is -2.35. The van der Waals surface area contributed by atoms with E-state index in [0.29, 0.717) is 23.4 Å². The van der Waals surface area contributed by atoms with Gasteiger partial charge in [-0.25, -0.2) is 0 Å². The number of benzene rings is 1. The third-order valence-electron chi connectivity index (χ3n) is 4.65. The van der Waals surface area contributed by atoms with Crippen molar-refractivity contribution in [2.75, 3.05) is 26.2 Å². The number of H-pyrrole nitrogens is 1. The van der Waals surface area contributed by atoms with Gasteiger partial charge in [-0.2, -0.15) is 0 Å². The van der Waals surface area contributed by atoms with Gasteiger partial charge in [0, 0.05) is 24.3 Å². The summed E-state index contributed by atoms with van der Waals surface area (Å²) >= 11 is 0. The second-order valence-corrected chi connectivity index (χ2v) is 6.62. The molecule has 1 amide bonds. The highest BCUT2D eigenvalue weighted by atomic mass is 16.1. The molecule has 0 aliphatic carbocycles. The number of hydrogen-bond donors (Lipinski definition) is 2. The first-order valence-corrected chi connectivity index (χ1v) is 9.30. The number of aldehydes is 1. The predicted octanol–water partition coefficient (Wildman–Crippen LogP) is 3.69. The second-order valence-electron chi connectivity index (χ2n) is 6.62. The molecule has 0 fully saturated rings. The van der Waals surface area contributed by atoms with Crippen molar-refractivity contribution in [1.29, 1.82) is 0 Å². The van der Waals surface area contributed by atoms with E-state index in [4.69, 9.17) is 0 Å². The molecule has 26 heavy (non-hydrogen) atoms. The maximum absolute atomic E-state index is 13.0. The van der Waals surface area contributed by atoms with Gasteiger partial charge in [-0.05, 0) is 24.6 Å². The van der Waals surface area contributed by atoms with Crippen molar-refractivity contribution in [3.8, 4) is 11.1 Å². The number of aromatic nitrogens is 1. The van der Waals surface area contributed by atoms with Crippen molar-refractivity contribution in [2.24, 2.45) is 0 Å². The minimum atomic E-state index is -0.135. The second kappa shape index (κ2) is 9.34. The van der Waals surface area contributed by atoms with Crippen molar-refractivity contribution in [1.82, 2.24) is 15.2 Å². The van der Waals surface area contributed by atoms with Crippen LogP contribution in [0.15, 0.2) is 30.3 Å². The van der Waals surface area contributed by atoms with Crippen LogP contribution in [-0.2, 0) is 0 Å². The number of hydrogen-bond acceptors (Lipinski definition) is 3. The van der Waals surface area contributed by atoms with Crippen LogP contribution in [0, 0.1) is 0 Å². The average molecular weight is 355 g/mol. The molecule has 5 nitrogen and oxygen atoms in total. The SMILES string of the molecule is CCN(CC)CCNC(=O)c1c(C(C)C)[nH]c(C=O)c1-c1ccccc1. The Labute approximate surface area is 155 Å². The maximum Gasteiger partial charge on any atom is 0.253 e. The Kier molecular flexibility index (Phi) is 7.16. The number of amides is 1. The summed E-state index contributed by atoms with van der Waals surface area (Å²) < 4.78 is 0. The Morgan fingerprint density at radius 2 is 1.85 bits per heavy atom. The van der Waals surface area contributed by atoms with Gasteiger partial charge in [0.1, 0.15) is 0 Å². The highest BCUT2D eigenvalue weighted by molar-refractivity contribution is 6.06. The first-order valence-electron chi connectivity index (χ1n) is 9.30. The molecule has 0 unspecified atom stereocenters. The monoisotopic (exact) mass is 355 g/mol. The van der Waals surface area contributed by atoms with Gasteiger partial charge in [-0.1, -0.05) is 58.0 Å². The molecule has 1 heterocycles. The number of carbonyl (C=O) groups is 2. The smallest absolute Gasteiger partial charge is 0.253 e. The van der Waals surface area contributed by atoms with E-state index in [9.17, 15) is 9.59 Å². The summed E-state index contributed by atoms with van der Waals surface area (Å²) in [7, 11) is 0. The lowest BCUT2D eigenvalue weighted by atomic mass is 9.96. The van der Waals surface area contributed by atoms with Gasteiger partial charge in [0.25, 0.3) is 5.91 Å². The summed E-state index contributed by atoms with van der Waals surface area (Å²) in [6.45, 7) is 11.5. The van der Waals surface area contributed by atoms with E-state index in [1.807, 2.05) is 44.2 Å². The van der Waals surface area contributed by atoms with E-state index in [1.54, 1.807) is 0 Å². The summed E-state index contributed by atoms with van der Waals surface area (Å²) in [6, 6.07) is 9.59. The van der Waals surface area contributed by atoms with Gasteiger partial charge in [0.2, 0.25) is 0 Å². The molecule has 140 valence electrons. The predicted molar refractivity (Wildman–Crippen MR) is 106 cm³/mol. The molecule has 2 N–H and O–H groups in total. The Morgan fingerprint density at radius 3 is 2.38 bits per heavy atom. The fourth-order valence-electron chi connectivity index (χ4n) is 3.16. The normalized spacial score (nSPS) is 11.2. The van der Waals surface area contributed by atoms with Crippen molar-refractivity contribution in [3.63, 3.8) is 0 Å². The Bertz CT molecular complexity index is 731. The zero-order chi connectivity index (χ0) is 19.1. The standard InChI is InChI=1S/C21H29N3O2/c1-5-24(6-2)13-12-22-21(26)19-18(16-10-8-7-9-11-16)17(14-25)23-20(19)15(3)4/h7-11,14-15,23H,5-6,12-13H2,1-4H3,(H,22,26). The van der Waals surface area contributed by atoms with Crippen LogP contribution < -0.4 is 5.32 Å². The molecule has 0 atom stereocenters. The van der Waals surface area contributed by atoms with Gasteiger partial charge >= 0.3 is 0 Å². The van der Waals surface area contributed by atoms with E-state index >= 15 is 0 Å². The van der Waals surface area contributed by atoms with E-state index in [-0.39, 0.29) is 11.8 Å². The molecular weight excluding hydrogens is 326 g/mol. The van der Waals surface area contributed by atoms with Gasteiger partial charge in [-0.3, -0.25) is 9.59 Å². The Hall–Kier alpha value is -2.40. The molecule has 0 aliphatic rings. The van der Waals surface area contributed by atoms with Crippen molar-refractivity contribution in [2.45, 2.75) is 33.6 Å². The molecule has 2 aromatic rings. The minimum absolute atomic E-state index is 0.106. The van der Waals surface area contributed by atoms with E-state index in [1.165, 1.54) is 0 Å². The van der Waals surface area contributed by atoms with Gasteiger partial charge < -0.3 is 15.2 Å². The average Bonchev–Trinajstić information content (AvgIpc) is 3.06. The number of aromatic amines is 1. The van der Waals surface area contributed by atoms with Crippen LogP contribution in [0.2, 0.25) is 0 Å². The lowest BCUT2D eigenvalue weighted by Gasteiger charge is -2.18. The lowest BCUT2D eigenvalue weighted by molar-refractivity contribution is 0.0948. The first kappa shape index (κ1) is 19.9. The molecule has 0 spiro atoms. The Morgan fingerprint density at radius 1 is 1.19 bits per heavy atom. The van der Waals surface area contributed by atoms with Crippen molar-refractivity contribution >= 4 is 12.2 Å². The van der Waals surface area contributed by atoms with E-state index in [0.717, 1.165) is 37.2 Å². The van der Waals surface area contributed by atoms with E-state index in [2.05, 4.69) is 29.0 Å². The summed E-state index contributed by atoms with van der Waals surface area (Å²) in [5, 5.41) is 3.02. The molecule has 5 heteroatoms. The number of nitrogens with one attached hydrogen (secondary N) is 2. The maximum atomic E-state index is 13.0. The fraction of sp³-hybridized carbons (Fsp3) is 0.429. The topological polar surface area (TPSA) is 65.2 Å². The quantitative estimate of drug-likeness (QED) is 0.674. The zero-order valence-corrected chi connectivity index (χ0v) is 16.1. The molecule has 1 aromatic heterocycles. The summed E-state index contributed by atoms with van der Waals surface area (Å²) in [5.74, 6) is -0.0289. The minimum Gasteiger partial charge on any atom is -0.355 e. The van der Waals surface area contributed by atoms with Crippen LogP contribution in [0.25, 0.3) is 11.1 Å². The molecular formula is C21H29N3O2. The molecule has 0 saturated heterocycles. The number of carbonyl (C=O) groups excluding carboxylic acids is 2. The molecule has 1 aromatic carbocycles. The highest BCUT2D eigenvalue weighted by Crippen LogP contribution is 2.33. The highest BCUT2D eigenvalue weighted by Gasteiger charge is 2.25. The number of nitrogens with zero attached hydrogens (tertiary/aromatic N) is 1. The van der Waals surface area contributed by atoms with Gasteiger partial charge in [0.05, 0.1) is 11.3 Å². The van der Waals surface area contributed by atoms with Crippen LogP contribution in [0.5, 0.6) is 0 Å². The third kappa shape index (κ3) is 4.41.